The van der Waals surface area contributed by atoms with Crippen molar-refractivity contribution in [3.05, 3.63) is 44.2 Å². The lowest BCUT2D eigenvalue weighted by molar-refractivity contribution is -0.116. The van der Waals surface area contributed by atoms with Crippen molar-refractivity contribution in [1.82, 2.24) is 4.98 Å². The molecule has 0 bridgehead atoms. The van der Waals surface area contributed by atoms with E-state index in [9.17, 15) is 9.59 Å². The molecule has 0 saturated carbocycles. The number of carbonyl (C=O) groups excluding carboxylic acids is 1. The quantitative estimate of drug-likeness (QED) is 0.947. The Labute approximate surface area is 113 Å². The second-order valence-electron chi connectivity index (χ2n) is 4.45. The van der Waals surface area contributed by atoms with Crippen LogP contribution in [-0.2, 0) is 11.2 Å². The van der Waals surface area contributed by atoms with Crippen molar-refractivity contribution in [3.63, 3.8) is 0 Å². The summed E-state index contributed by atoms with van der Waals surface area (Å²) in [6.07, 6.45) is 0.905. The van der Waals surface area contributed by atoms with Crippen LogP contribution in [0.4, 0.5) is 0 Å². The Hall–Kier alpha value is -1.42. The molecular weight excluding hydrogens is 294 g/mol. The van der Waals surface area contributed by atoms with Crippen molar-refractivity contribution in [1.29, 1.82) is 0 Å². The third-order valence-electron chi connectivity index (χ3n) is 3.00. The first-order valence-corrected chi connectivity index (χ1v) is 6.59. The van der Waals surface area contributed by atoms with Crippen molar-refractivity contribution >= 4 is 32.6 Å². The SMILES string of the molecule is CC(=O)CCc1c(C)[nH]c2ccc(Br)cc2c1=O. The predicted molar refractivity (Wildman–Crippen MR) is 76.0 cm³/mol. The van der Waals surface area contributed by atoms with E-state index in [-0.39, 0.29) is 11.2 Å². The smallest absolute Gasteiger partial charge is 0.192 e. The molecule has 1 aromatic carbocycles. The number of carbonyl (C=O) groups is 1. The van der Waals surface area contributed by atoms with Gasteiger partial charge in [0.25, 0.3) is 0 Å². The Morgan fingerprint density at radius 1 is 1.39 bits per heavy atom. The highest BCUT2D eigenvalue weighted by atomic mass is 79.9. The van der Waals surface area contributed by atoms with Crippen LogP contribution in [0.2, 0.25) is 0 Å². The molecule has 94 valence electrons. The summed E-state index contributed by atoms with van der Waals surface area (Å²) in [5.74, 6) is 0.100. The molecule has 0 radical (unpaired) electrons. The van der Waals surface area contributed by atoms with Crippen LogP contribution in [0.5, 0.6) is 0 Å². The molecule has 0 fully saturated rings. The molecule has 0 spiro atoms. The second-order valence-corrected chi connectivity index (χ2v) is 5.37. The third-order valence-corrected chi connectivity index (χ3v) is 3.50. The molecule has 2 rings (SSSR count). The van der Waals surface area contributed by atoms with Gasteiger partial charge in [0, 0.05) is 33.1 Å². The molecular formula is C14H14BrNO2. The number of aromatic nitrogens is 1. The summed E-state index contributed by atoms with van der Waals surface area (Å²) in [4.78, 5) is 26.6. The largest absolute Gasteiger partial charge is 0.358 e. The van der Waals surface area contributed by atoms with Crippen LogP contribution in [0.15, 0.2) is 27.5 Å². The van der Waals surface area contributed by atoms with Crippen LogP contribution in [0.25, 0.3) is 10.9 Å². The molecule has 3 nitrogen and oxygen atoms in total. The summed E-state index contributed by atoms with van der Waals surface area (Å²) < 4.78 is 0.877. The zero-order valence-corrected chi connectivity index (χ0v) is 11.9. The van der Waals surface area contributed by atoms with Gasteiger partial charge in [-0.15, -0.1) is 0 Å². The minimum absolute atomic E-state index is 0.0174. The molecule has 0 aliphatic rings. The monoisotopic (exact) mass is 307 g/mol. The molecule has 0 saturated heterocycles. The van der Waals surface area contributed by atoms with E-state index in [0.29, 0.717) is 23.8 Å². The number of Topliss-reactive ketones (excluding diaryl/α,β-unsaturated/α-hetero) is 1. The number of halogens is 1. The highest BCUT2D eigenvalue weighted by Gasteiger charge is 2.10. The van der Waals surface area contributed by atoms with E-state index in [1.54, 1.807) is 6.92 Å². The van der Waals surface area contributed by atoms with E-state index in [2.05, 4.69) is 20.9 Å². The fourth-order valence-corrected chi connectivity index (χ4v) is 2.39. The van der Waals surface area contributed by atoms with Gasteiger partial charge in [-0.25, -0.2) is 0 Å². The first-order valence-electron chi connectivity index (χ1n) is 5.79. The van der Waals surface area contributed by atoms with Gasteiger partial charge < -0.3 is 9.78 Å². The summed E-state index contributed by atoms with van der Waals surface area (Å²) in [5, 5.41) is 0.661. The molecule has 0 unspecified atom stereocenters. The Morgan fingerprint density at radius 2 is 2.11 bits per heavy atom. The lowest BCUT2D eigenvalue weighted by atomic mass is 10.0. The lowest BCUT2D eigenvalue weighted by Gasteiger charge is -2.07. The number of benzene rings is 1. The number of aryl methyl sites for hydroxylation is 1. The van der Waals surface area contributed by atoms with Crippen molar-refractivity contribution in [2.45, 2.75) is 26.7 Å². The highest BCUT2D eigenvalue weighted by Crippen LogP contribution is 2.17. The van der Waals surface area contributed by atoms with Gasteiger partial charge in [0.1, 0.15) is 5.78 Å². The van der Waals surface area contributed by atoms with E-state index >= 15 is 0 Å². The highest BCUT2D eigenvalue weighted by molar-refractivity contribution is 9.10. The van der Waals surface area contributed by atoms with Gasteiger partial charge in [-0.3, -0.25) is 4.79 Å². The van der Waals surface area contributed by atoms with Crippen LogP contribution < -0.4 is 5.43 Å². The summed E-state index contributed by atoms with van der Waals surface area (Å²) in [6, 6.07) is 5.58. The van der Waals surface area contributed by atoms with Gasteiger partial charge in [-0.2, -0.15) is 0 Å². The molecule has 2 aromatic rings. The lowest BCUT2D eigenvalue weighted by Crippen LogP contribution is -2.14. The maximum absolute atomic E-state index is 12.4. The first kappa shape index (κ1) is 13.0. The van der Waals surface area contributed by atoms with E-state index in [1.807, 2.05) is 25.1 Å². The molecule has 4 heteroatoms. The molecule has 0 amide bonds. The van der Waals surface area contributed by atoms with E-state index in [0.717, 1.165) is 15.7 Å². The topological polar surface area (TPSA) is 49.9 Å². The summed E-state index contributed by atoms with van der Waals surface area (Å²) in [6.45, 7) is 3.42. The standard InChI is InChI=1S/C14H14BrNO2/c1-8(17)3-5-11-9(2)16-13-6-4-10(15)7-12(13)14(11)18/h4,6-7H,3,5H2,1-2H3,(H,16,18). The van der Waals surface area contributed by atoms with Gasteiger partial charge in [-0.05, 0) is 38.5 Å². The van der Waals surface area contributed by atoms with Crippen molar-refractivity contribution in [2.24, 2.45) is 0 Å². The Morgan fingerprint density at radius 3 is 2.78 bits per heavy atom. The van der Waals surface area contributed by atoms with E-state index in [4.69, 9.17) is 0 Å². The van der Waals surface area contributed by atoms with Crippen LogP contribution in [0.3, 0.4) is 0 Å². The molecule has 0 aliphatic heterocycles. The fraction of sp³-hybridized carbons (Fsp3) is 0.286. The second kappa shape index (κ2) is 5.06. The van der Waals surface area contributed by atoms with Crippen molar-refractivity contribution in [2.75, 3.05) is 0 Å². The molecule has 1 N–H and O–H groups in total. The number of ketones is 1. The number of fused-ring (bicyclic) bond motifs is 1. The maximum Gasteiger partial charge on any atom is 0.192 e. The zero-order valence-electron chi connectivity index (χ0n) is 10.3. The minimum Gasteiger partial charge on any atom is -0.358 e. The number of hydrogen-bond acceptors (Lipinski definition) is 2. The number of H-pyrrole nitrogens is 1. The summed E-state index contributed by atoms with van der Waals surface area (Å²) in [5.41, 5.74) is 2.39. The molecule has 18 heavy (non-hydrogen) atoms. The van der Waals surface area contributed by atoms with E-state index in [1.165, 1.54) is 0 Å². The number of rotatable bonds is 3. The van der Waals surface area contributed by atoms with Gasteiger partial charge in [0.15, 0.2) is 5.43 Å². The van der Waals surface area contributed by atoms with Crippen molar-refractivity contribution in [3.8, 4) is 0 Å². The van der Waals surface area contributed by atoms with Gasteiger partial charge in [-0.1, -0.05) is 15.9 Å². The van der Waals surface area contributed by atoms with Gasteiger partial charge >= 0.3 is 0 Å². The van der Waals surface area contributed by atoms with Crippen LogP contribution in [0.1, 0.15) is 24.6 Å². The molecule has 0 atom stereocenters. The average molecular weight is 308 g/mol. The van der Waals surface area contributed by atoms with Crippen LogP contribution >= 0.6 is 15.9 Å². The zero-order chi connectivity index (χ0) is 13.3. The van der Waals surface area contributed by atoms with Gasteiger partial charge in [0.05, 0.1) is 0 Å². The number of hydrogen-bond donors (Lipinski definition) is 1. The molecule has 0 aliphatic carbocycles. The molecule has 1 heterocycles. The predicted octanol–water partition coefficient (Wildman–Crippen LogP) is 3.12. The van der Waals surface area contributed by atoms with Crippen LogP contribution in [-0.4, -0.2) is 10.8 Å². The minimum atomic E-state index is 0.0174. The number of nitrogens with one attached hydrogen (secondary N) is 1. The van der Waals surface area contributed by atoms with Crippen LogP contribution in [0, 0.1) is 6.92 Å². The van der Waals surface area contributed by atoms with Crippen molar-refractivity contribution < 1.29 is 4.79 Å². The average Bonchev–Trinajstić information content (AvgIpc) is 2.30. The third kappa shape index (κ3) is 2.53. The number of pyridine rings is 1. The van der Waals surface area contributed by atoms with E-state index < -0.39 is 0 Å². The first-order chi connectivity index (χ1) is 8.49. The summed E-state index contributed by atoms with van der Waals surface area (Å²) in [7, 11) is 0. The summed E-state index contributed by atoms with van der Waals surface area (Å²) >= 11 is 3.36. The van der Waals surface area contributed by atoms with Gasteiger partial charge in [0.2, 0.25) is 0 Å². The Kier molecular flexibility index (Phi) is 3.66. The number of aromatic amines is 1. The maximum atomic E-state index is 12.4. The normalized spacial score (nSPS) is 10.8. The molecule has 1 aromatic heterocycles. The Bertz CT molecular complexity index is 673. The fourth-order valence-electron chi connectivity index (χ4n) is 2.03. The Balaban J connectivity index is 2.60.